The van der Waals surface area contributed by atoms with Crippen molar-refractivity contribution in [3.63, 3.8) is 0 Å². The summed E-state index contributed by atoms with van der Waals surface area (Å²) in [4.78, 5) is 0. The maximum absolute atomic E-state index is 9.67. The first-order chi connectivity index (χ1) is 8.02. The minimum absolute atomic E-state index is 0.183. The van der Waals surface area contributed by atoms with Gasteiger partial charge in [0.25, 0.3) is 0 Å². The second-order valence-electron chi connectivity index (χ2n) is 4.28. The molecule has 1 unspecified atom stereocenters. The van der Waals surface area contributed by atoms with Gasteiger partial charge in [0, 0.05) is 6.42 Å². The Bertz CT molecular complexity index is 399. The Hall–Kier alpha value is -0.320. The van der Waals surface area contributed by atoms with Crippen LogP contribution in [0.1, 0.15) is 23.7 Å². The van der Waals surface area contributed by atoms with Gasteiger partial charge in [-0.05, 0) is 24.1 Å². The molecule has 1 heterocycles. The first-order valence-electron chi connectivity index (χ1n) is 5.43. The Morgan fingerprint density at radius 1 is 1.41 bits per heavy atom. The van der Waals surface area contributed by atoms with Crippen LogP contribution in [0.3, 0.4) is 0 Å². The van der Waals surface area contributed by atoms with E-state index in [2.05, 4.69) is 0 Å². The summed E-state index contributed by atoms with van der Waals surface area (Å²) in [5.41, 5.74) is 1.76. The SMILES string of the molecule is Cc1cc([C@H]2CC(O)[C@@H](CO)O2)cc(Cl)c1Cl. The molecule has 0 aliphatic carbocycles. The maximum atomic E-state index is 9.67. The number of rotatable bonds is 2. The summed E-state index contributed by atoms with van der Waals surface area (Å²) in [7, 11) is 0. The molecular formula is C12H14Cl2O3. The lowest BCUT2D eigenvalue weighted by Crippen LogP contribution is -2.24. The van der Waals surface area contributed by atoms with Gasteiger partial charge in [-0.3, -0.25) is 0 Å². The van der Waals surface area contributed by atoms with Crippen LogP contribution in [0, 0.1) is 6.92 Å². The van der Waals surface area contributed by atoms with E-state index in [-0.39, 0.29) is 12.7 Å². The average molecular weight is 277 g/mol. The molecule has 1 saturated heterocycles. The highest BCUT2D eigenvalue weighted by atomic mass is 35.5. The Kier molecular flexibility index (Phi) is 3.95. The number of aryl methyl sites for hydroxylation is 1. The fourth-order valence-electron chi connectivity index (χ4n) is 2.05. The van der Waals surface area contributed by atoms with Crippen molar-refractivity contribution in [1.82, 2.24) is 0 Å². The Morgan fingerprint density at radius 3 is 2.65 bits per heavy atom. The van der Waals surface area contributed by atoms with Gasteiger partial charge in [-0.1, -0.05) is 29.3 Å². The summed E-state index contributed by atoms with van der Waals surface area (Å²) in [6.07, 6.45) is -0.937. The smallest absolute Gasteiger partial charge is 0.107 e. The quantitative estimate of drug-likeness (QED) is 0.873. The highest BCUT2D eigenvalue weighted by Crippen LogP contribution is 2.36. The van der Waals surface area contributed by atoms with Gasteiger partial charge in [-0.25, -0.2) is 0 Å². The molecule has 0 aromatic heterocycles. The lowest BCUT2D eigenvalue weighted by atomic mass is 10.0. The zero-order valence-electron chi connectivity index (χ0n) is 9.36. The lowest BCUT2D eigenvalue weighted by Gasteiger charge is -2.14. The molecule has 0 spiro atoms. The van der Waals surface area contributed by atoms with E-state index in [1.54, 1.807) is 6.07 Å². The van der Waals surface area contributed by atoms with Crippen molar-refractivity contribution in [2.45, 2.75) is 31.7 Å². The lowest BCUT2D eigenvalue weighted by molar-refractivity contribution is -0.0225. The number of aliphatic hydroxyl groups is 2. The van der Waals surface area contributed by atoms with Gasteiger partial charge < -0.3 is 14.9 Å². The van der Waals surface area contributed by atoms with Crippen molar-refractivity contribution < 1.29 is 14.9 Å². The zero-order chi connectivity index (χ0) is 12.6. The minimum Gasteiger partial charge on any atom is -0.394 e. The fourth-order valence-corrected chi connectivity index (χ4v) is 2.43. The second-order valence-corrected chi connectivity index (χ2v) is 5.07. The molecule has 1 fully saturated rings. The van der Waals surface area contributed by atoms with Crippen molar-refractivity contribution >= 4 is 23.2 Å². The monoisotopic (exact) mass is 276 g/mol. The van der Waals surface area contributed by atoms with Gasteiger partial charge in [0.05, 0.1) is 28.9 Å². The third-order valence-electron chi connectivity index (χ3n) is 3.01. The van der Waals surface area contributed by atoms with Gasteiger partial charge in [-0.2, -0.15) is 0 Å². The van der Waals surface area contributed by atoms with E-state index in [4.69, 9.17) is 33.0 Å². The largest absolute Gasteiger partial charge is 0.394 e. The predicted molar refractivity (Wildman–Crippen MR) is 66.5 cm³/mol. The van der Waals surface area contributed by atoms with Gasteiger partial charge >= 0.3 is 0 Å². The second kappa shape index (κ2) is 5.12. The van der Waals surface area contributed by atoms with E-state index in [1.165, 1.54) is 0 Å². The van der Waals surface area contributed by atoms with Crippen molar-refractivity contribution in [3.8, 4) is 0 Å². The van der Waals surface area contributed by atoms with Crippen LogP contribution in [0.4, 0.5) is 0 Å². The van der Waals surface area contributed by atoms with Crippen molar-refractivity contribution in [2.24, 2.45) is 0 Å². The summed E-state index contributed by atoms with van der Waals surface area (Å²) in [6, 6.07) is 3.64. The first kappa shape index (κ1) is 13.1. The molecule has 1 aromatic rings. The molecule has 0 bridgehead atoms. The summed E-state index contributed by atoms with van der Waals surface area (Å²) in [6.45, 7) is 1.69. The summed E-state index contributed by atoms with van der Waals surface area (Å²) in [5, 5.41) is 19.7. The van der Waals surface area contributed by atoms with Crippen LogP contribution in [0.5, 0.6) is 0 Å². The molecule has 1 aliphatic rings. The fraction of sp³-hybridized carbons (Fsp3) is 0.500. The zero-order valence-corrected chi connectivity index (χ0v) is 10.9. The summed E-state index contributed by atoms with van der Waals surface area (Å²) in [5.74, 6) is 0. The number of ether oxygens (including phenoxy) is 1. The summed E-state index contributed by atoms with van der Waals surface area (Å²) < 4.78 is 5.56. The van der Waals surface area contributed by atoms with E-state index < -0.39 is 12.2 Å². The van der Waals surface area contributed by atoms with E-state index in [0.717, 1.165) is 11.1 Å². The first-order valence-corrected chi connectivity index (χ1v) is 6.18. The molecule has 3 atom stereocenters. The van der Waals surface area contributed by atoms with E-state index in [9.17, 15) is 5.11 Å². The van der Waals surface area contributed by atoms with Gasteiger partial charge in [0.1, 0.15) is 6.10 Å². The molecule has 0 saturated carbocycles. The number of hydrogen-bond donors (Lipinski definition) is 2. The maximum Gasteiger partial charge on any atom is 0.107 e. The molecule has 5 heteroatoms. The summed E-state index contributed by atoms with van der Waals surface area (Å²) >= 11 is 12.0. The number of benzene rings is 1. The predicted octanol–water partition coefficient (Wildman–Crippen LogP) is 2.49. The molecule has 0 radical (unpaired) electrons. The highest BCUT2D eigenvalue weighted by molar-refractivity contribution is 6.42. The van der Waals surface area contributed by atoms with E-state index >= 15 is 0 Å². The van der Waals surface area contributed by atoms with Crippen LogP contribution in [0.15, 0.2) is 12.1 Å². The third-order valence-corrected chi connectivity index (χ3v) is 3.90. The van der Waals surface area contributed by atoms with E-state index in [1.807, 2.05) is 13.0 Å². The van der Waals surface area contributed by atoms with Crippen molar-refractivity contribution in [3.05, 3.63) is 33.3 Å². The van der Waals surface area contributed by atoms with Gasteiger partial charge in [-0.15, -0.1) is 0 Å². The van der Waals surface area contributed by atoms with Crippen LogP contribution in [0.25, 0.3) is 0 Å². The molecule has 3 nitrogen and oxygen atoms in total. The van der Waals surface area contributed by atoms with Crippen molar-refractivity contribution in [1.29, 1.82) is 0 Å². The Morgan fingerprint density at radius 2 is 2.12 bits per heavy atom. The van der Waals surface area contributed by atoms with Crippen LogP contribution >= 0.6 is 23.2 Å². The number of hydrogen-bond acceptors (Lipinski definition) is 3. The molecule has 94 valence electrons. The Labute approximate surface area is 110 Å². The minimum atomic E-state index is -0.639. The topological polar surface area (TPSA) is 49.7 Å². The molecule has 1 aliphatic heterocycles. The number of halogens is 2. The Balaban J connectivity index is 2.25. The van der Waals surface area contributed by atoms with Crippen LogP contribution in [-0.4, -0.2) is 29.0 Å². The van der Waals surface area contributed by atoms with Crippen molar-refractivity contribution in [2.75, 3.05) is 6.61 Å². The molecule has 0 amide bonds. The standard InChI is InChI=1S/C12H14Cl2O3/c1-6-2-7(3-8(13)12(6)14)10-4-9(16)11(5-15)17-10/h2-3,9-11,15-16H,4-5H2,1H3/t9?,10-,11-/m1/s1. The third kappa shape index (κ3) is 2.59. The van der Waals surface area contributed by atoms with E-state index in [0.29, 0.717) is 16.5 Å². The molecule has 2 N–H and O–H groups in total. The molecular weight excluding hydrogens is 263 g/mol. The van der Waals surface area contributed by atoms with Gasteiger partial charge in [0.15, 0.2) is 0 Å². The molecule has 2 rings (SSSR count). The van der Waals surface area contributed by atoms with Gasteiger partial charge in [0.2, 0.25) is 0 Å². The molecule has 17 heavy (non-hydrogen) atoms. The normalized spacial score (nSPS) is 28.6. The highest BCUT2D eigenvalue weighted by Gasteiger charge is 2.34. The average Bonchev–Trinajstić information content (AvgIpc) is 2.66. The molecule has 1 aromatic carbocycles. The van der Waals surface area contributed by atoms with Crippen LogP contribution in [0.2, 0.25) is 10.0 Å². The van der Waals surface area contributed by atoms with Crippen LogP contribution in [-0.2, 0) is 4.74 Å². The van der Waals surface area contributed by atoms with Crippen LogP contribution < -0.4 is 0 Å². The number of aliphatic hydroxyl groups excluding tert-OH is 2.